The number of β-amino-alcohol motifs (C(OH)–C–C–N with tert-alkyl or cyclic N) is 1. The molecule has 1 fully saturated rings. The maximum atomic E-state index is 13.2. The molecule has 1 saturated heterocycles. The van der Waals surface area contributed by atoms with Gasteiger partial charge in [-0.25, -0.2) is 4.98 Å². The highest BCUT2D eigenvalue weighted by molar-refractivity contribution is 6.11. The van der Waals surface area contributed by atoms with Gasteiger partial charge in [0.25, 0.3) is 5.56 Å². The Hall–Kier alpha value is -4.41. The van der Waals surface area contributed by atoms with E-state index in [-0.39, 0.29) is 24.1 Å². The van der Waals surface area contributed by atoms with E-state index in [4.69, 9.17) is 0 Å². The van der Waals surface area contributed by atoms with E-state index in [1.807, 2.05) is 48.4 Å². The van der Waals surface area contributed by atoms with Crippen LogP contribution in [0.25, 0.3) is 11.1 Å². The maximum absolute atomic E-state index is 13.2. The van der Waals surface area contributed by atoms with Crippen molar-refractivity contribution in [2.24, 2.45) is 0 Å². The van der Waals surface area contributed by atoms with Gasteiger partial charge in [-0.1, -0.05) is 12.1 Å². The molecule has 0 atom stereocenters. The Morgan fingerprint density at radius 3 is 2.67 bits per heavy atom. The number of aromatic nitrogens is 2. The predicted molar refractivity (Wildman–Crippen MR) is 162 cm³/mol. The number of aliphatic hydroxyl groups is 2. The second kappa shape index (κ2) is 10.5. The first-order valence-electron chi connectivity index (χ1n) is 14.6. The number of Topliss-reactive ketones (excluding diaryl/α,β-unsaturated/α-hetero) is 1. The highest BCUT2D eigenvalue weighted by atomic mass is 16.3. The average molecular weight is 567 g/mol. The number of anilines is 4. The zero-order valence-corrected chi connectivity index (χ0v) is 23.6. The molecule has 1 aromatic carbocycles. The number of rotatable bonds is 6. The molecule has 10 nitrogen and oxygen atoms in total. The van der Waals surface area contributed by atoms with Crippen molar-refractivity contribution in [3.8, 4) is 11.1 Å². The summed E-state index contributed by atoms with van der Waals surface area (Å²) in [5.41, 5.74) is 7.72. The molecule has 3 aromatic rings. The number of fused-ring (bicyclic) bond motifs is 2. The average Bonchev–Trinajstić information content (AvgIpc) is 3.28. The summed E-state index contributed by atoms with van der Waals surface area (Å²) < 4.78 is 0. The van der Waals surface area contributed by atoms with Crippen LogP contribution in [-0.2, 0) is 11.4 Å². The Balaban J connectivity index is 1.19. The maximum Gasteiger partial charge on any atom is 0.271 e. The Labute approximate surface area is 243 Å². The summed E-state index contributed by atoms with van der Waals surface area (Å²) in [5.74, 6) is 0.658. The minimum Gasteiger partial charge on any atom is -0.392 e. The van der Waals surface area contributed by atoms with Crippen LogP contribution in [-0.4, -0.2) is 63.1 Å². The quantitative estimate of drug-likeness (QED) is 0.355. The fourth-order valence-electron chi connectivity index (χ4n) is 6.56. The molecule has 0 spiro atoms. The Bertz CT molecular complexity index is 1690. The third kappa shape index (κ3) is 4.47. The van der Waals surface area contributed by atoms with Crippen LogP contribution in [0.4, 0.5) is 22.9 Å². The molecular weight excluding hydrogens is 532 g/mol. The SMILES string of the molecule is Cc1[nH]c(=O)c(Nc2ccc(N3CC(O)C3)cn2)cc1-c1cccc(N2C=C3C(=O)C4=C(CCCC4)N3CC2)c1CO. The number of carbonyl (C=O) groups excluding carboxylic acids is 1. The van der Waals surface area contributed by atoms with Crippen molar-refractivity contribution in [1.29, 1.82) is 0 Å². The summed E-state index contributed by atoms with van der Waals surface area (Å²) in [6.07, 6.45) is 7.35. The number of allylic oxidation sites excluding steroid dienone is 2. The van der Waals surface area contributed by atoms with Crippen molar-refractivity contribution < 1.29 is 15.0 Å². The first-order chi connectivity index (χ1) is 20.4. The van der Waals surface area contributed by atoms with Gasteiger partial charge in [0.15, 0.2) is 0 Å². The van der Waals surface area contributed by atoms with E-state index < -0.39 is 0 Å². The lowest BCUT2D eigenvalue weighted by molar-refractivity contribution is -0.112. The minimum atomic E-state index is -0.302. The van der Waals surface area contributed by atoms with Crippen molar-refractivity contribution >= 4 is 28.7 Å². The smallest absolute Gasteiger partial charge is 0.271 e. The molecule has 5 heterocycles. The topological polar surface area (TPSA) is 125 Å². The van der Waals surface area contributed by atoms with E-state index in [1.165, 1.54) is 5.70 Å². The van der Waals surface area contributed by atoms with Crippen molar-refractivity contribution in [3.63, 3.8) is 0 Å². The van der Waals surface area contributed by atoms with Crippen molar-refractivity contribution in [1.82, 2.24) is 14.9 Å². The molecule has 2 aromatic heterocycles. The molecule has 0 unspecified atom stereocenters. The van der Waals surface area contributed by atoms with E-state index in [9.17, 15) is 19.8 Å². The normalized spacial score (nSPS) is 18.6. The molecule has 4 aliphatic rings. The number of aliphatic hydroxyl groups excluding tert-OH is 2. The Morgan fingerprint density at radius 2 is 1.90 bits per heavy atom. The molecule has 1 aliphatic carbocycles. The van der Waals surface area contributed by atoms with Crippen LogP contribution < -0.4 is 20.7 Å². The lowest BCUT2D eigenvalue weighted by Crippen LogP contribution is -2.50. The van der Waals surface area contributed by atoms with E-state index in [0.29, 0.717) is 36.8 Å². The van der Waals surface area contributed by atoms with Crippen LogP contribution in [0.1, 0.15) is 36.9 Å². The van der Waals surface area contributed by atoms with E-state index in [0.717, 1.165) is 71.6 Å². The Morgan fingerprint density at radius 1 is 1.07 bits per heavy atom. The summed E-state index contributed by atoms with van der Waals surface area (Å²) in [6.45, 7) is 4.23. The number of benzene rings is 1. The minimum absolute atomic E-state index is 0.132. The molecule has 0 bridgehead atoms. The number of nitrogens with one attached hydrogen (secondary N) is 2. The number of nitrogens with zero attached hydrogens (tertiary/aromatic N) is 4. The standard InChI is InChI=1S/C32H34N6O4/c1-19-24(13-26(32(42)34-19)35-30-10-9-20(14-33-30)37-15-21(40)16-37)22-6-4-8-27(25(22)18-39)36-11-12-38-28-7-3-2-5-23(28)31(41)29(38)17-36/h4,6,8-10,13-14,17,21,39-40H,2-3,5,7,11-12,15-16,18H2,1H3,(H,33,35)(H,34,42). The van der Waals surface area contributed by atoms with Crippen molar-refractivity contribution in [2.45, 2.75) is 45.3 Å². The molecule has 3 aliphatic heterocycles. The van der Waals surface area contributed by atoms with Crippen LogP contribution in [0.5, 0.6) is 0 Å². The second-order valence-electron chi connectivity index (χ2n) is 11.4. The van der Waals surface area contributed by atoms with Gasteiger partial charge in [0.05, 0.1) is 24.6 Å². The highest BCUT2D eigenvalue weighted by Gasteiger charge is 2.38. The molecule has 216 valence electrons. The Kier molecular flexibility index (Phi) is 6.59. The van der Waals surface area contributed by atoms with Crippen LogP contribution >= 0.6 is 0 Å². The third-order valence-corrected chi connectivity index (χ3v) is 8.79. The molecule has 0 radical (unpaired) electrons. The van der Waals surface area contributed by atoms with E-state index in [1.54, 1.807) is 12.3 Å². The van der Waals surface area contributed by atoms with E-state index in [2.05, 4.69) is 25.1 Å². The summed E-state index contributed by atoms with van der Waals surface area (Å²) in [4.78, 5) is 39.9. The summed E-state index contributed by atoms with van der Waals surface area (Å²) in [6, 6.07) is 11.4. The van der Waals surface area contributed by atoms with Gasteiger partial charge in [-0.2, -0.15) is 0 Å². The number of hydrogen-bond donors (Lipinski definition) is 4. The molecular formula is C32H34N6O4. The summed E-state index contributed by atoms with van der Waals surface area (Å²) in [5, 5.41) is 23.3. The number of ketones is 1. The van der Waals surface area contributed by atoms with Crippen LogP contribution in [0.15, 0.2) is 70.6 Å². The third-order valence-electron chi connectivity index (χ3n) is 8.79. The van der Waals surface area contributed by atoms with Gasteiger partial charge in [0.1, 0.15) is 17.2 Å². The van der Waals surface area contributed by atoms with Gasteiger partial charge in [0, 0.05) is 66.2 Å². The predicted octanol–water partition coefficient (Wildman–Crippen LogP) is 3.54. The van der Waals surface area contributed by atoms with Gasteiger partial charge in [-0.3, -0.25) is 9.59 Å². The number of carbonyl (C=O) groups is 1. The van der Waals surface area contributed by atoms with Crippen LogP contribution in [0.3, 0.4) is 0 Å². The number of hydrogen-bond acceptors (Lipinski definition) is 9. The van der Waals surface area contributed by atoms with Crippen LogP contribution in [0.2, 0.25) is 0 Å². The van der Waals surface area contributed by atoms with Gasteiger partial charge < -0.3 is 35.2 Å². The molecule has 0 amide bonds. The largest absolute Gasteiger partial charge is 0.392 e. The van der Waals surface area contributed by atoms with Crippen LogP contribution in [0, 0.1) is 6.92 Å². The number of pyridine rings is 2. The molecule has 42 heavy (non-hydrogen) atoms. The zero-order chi connectivity index (χ0) is 29.0. The van der Waals surface area contributed by atoms with Crippen molar-refractivity contribution in [3.05, 3.63) is 87.4 Å². The first kappa shape index (κ1) is 26.5. The number of aryl methyl sites for hydroxylation is 1. The lowest BCUT2D eigenvalue weighted by Gasteiger charge is -2.37. The fraction of sp³-hybridized carbons (Fsp3) is 0.344. The molecule has 0 saturated carbocycles. The number of H-pyrrole nitrogens is 1. The molecule has 10 heteroatoms. The summed E-state index contributed by atoms with van der Waals surface area (Å²) in [7, 11) is 0. The summed E-state index contributed by atoms with van der Waals surface area (Å²) >= 11 is 0. The van der Waals surface area contributed by atoms with Gasteiger partial charge in [-0.15, -0.1) is 0 Å². The number of aromatic amines is 1. The molecule has 7 rings (SSSR count). The van der Waals surface area contributed by atoms with Crippen molar-refractivity contribution in [2.75, 3.05) is 41.3 Å². The van der Waals surface area contributed by atoms with Gasteiger partial charge in [0.2, 0.25) is 5.78 Å². The highest BCUT2D eigenvalue weighted by Crippen LogP contribution is 2.41. The van der Waals surface area contributed by atoms with Gasteiger partial charge >= 0.3 is 0 Å². The second-order valence-corrected chi connectivity index (χ2v) is 11.4. The fourth-order valence-corrected chi connectivity index (χ4v) is 6.56. The monoisotopic (exact) mass is 566 g/mol. The van der Waals surface area contributed by atoms with Gasteiger partial charge in [-0.05, 0) is 62.4 Å². The molecule has 4 N–H and O–H groups in total. The lowest BCUT2D eigenvalue weighted by atomic mass is 9.95. The van der Waals surface area contributed by atoms with E-state index >= 15 is 0 Å². The first-order valence-corrected chi connectivity index (χ1v) is 14.6. The zero-order valence-electron chi connectivity index (χ0n) is 23.6.